The van der Waals surface area contributed by atoms with Crippen LogP contribution in [0.3, 0.4) is 0 Å². The average Bonchev–Trinajstić information content (AvgIpc) is 2.61. The number of amides is 2. The SMILES string of the molecule is Cc1cccc(C)c1NCC(=O)N1CCNC(=O)C1CC(=O)OCC(C)C. The van der Waals surface area contributed by atoms with Crippen LogP contribution in [0.4, 0.5) is 5.69 Å². The van der Waals surface area contributed by atoms with E-state index < -0.39 is 12.0 Å². The molecule has 0 aliphatic carbocycles. The van der Waals surface area contributed by atoms with Gasteiger partial charge in [-0.2, -0.15) is 0 Å². The minimum atomic E-state index is -0.828. The average molecular weight is 375 g/mol. The Morgan fingerprint density at radius 3 is 2.59 bits per heavy atom. The minimum Gasteiger partial charge on any atom is -0.465 e. The fourth-order valence-corrected chi connectivity index (χ4v) is 3.05. The Labute approximate surface area is 160 Å². The van der Waals surface area contributed by atoms with Gasteiger partial charge < -0.3 is 20.3 Å². The maximum absolute atomic E-state index is 12.7. The largest absolute Gasteiger partial charge is 0.465 e. The number of anilines is 1. The van der Waals surface area contributed by atoms with Gasteiger partial charge in [0.1, 0.15) is 6.04 Å². The predicted octanol–water partition coefficient (Wildman–Crippen LogP) is 1.63. The highest BCUT2D eigenvalue weighted by Crippen LogP contribution is 2.19. The topological polar surface area (TPSA) is 87.7 Å². The number of nitrogens with zero attached hydrogens (tertiary/aromatic N) is 1. The van der Waals surface area contributed by atoms with Crippen molar-refractivity contribution in [2.45, 2.75) is 40.2 Å². The number of benzene rings is 1. The first-order valence-corrected chi connectivity index (χ1v) is 9.32. The van der Waals surface area contributed by atoms with Gasteiger partial charge in [0.2, 0.25) is 11.8 Å². The summed E-state index contributed by atoms with van der Waals surface area (Å²) in [5.41, 5.74) is 3.02. The van der Waals surface area contributed by atoms with Gasteiger partial charge in [0.15, 0.2) is 0 Å². The van der Waals surface area contributed by atoms with E-state index in [2.05, 4.69) is 10.6 Å². The van der Waals surface area contributed by atoms with Crippen LogP contribution in [0.25, 0.3) is 0 Å². The Kier molecular flexibility index (Phi) is 7.21. The number of para-hydroxylation sites is 1. The van der Waals surface area contributed by atoms with E-state index in [0.717, 1.165) is 16.8 Å². The van der Waals surface area contributed by atoms with E-state index >= 15 is 0 Å². The molecule has 27 heavy (non-hydrogen) atoms. The number of carbonyl (C=O) groups excluding carboxylic acids is 3. The third-order valence-corrected chi connectivity index (χ3v) is 4.49. The maximum Gasteiger partial charge on any atom is 0.308 e. The Morgan fingerprint density at radius 2 is 1.96 bits per heavy atom. The molecule has 7 heteroatoms. The van der Waals surface area contributed by atoms with Crippen molar-refractivity contribution >= 4 is 23.5 Å². The number of hydrogen-bond donors (Lipinski definition) is 2. The molecule has 1 atom stereocenters. The van der Waals surface area contributed by atoms with Crippen molar-refractivity contribution in [2.75, 3.05) is 31.6 Å². The van der Waals surface area contributed by atoms with Crippen LogP contribution in [0.5, 0.6) is 0 Å². The standard InChI is InChI=1S/C20H29N3O4/c1-13(2)12-27-18(25)10-16-20(26)21-8-9-23(16)17(24)11-22-19-14(3)6-5-7-15(19)4/h5-7,13,16,22H,8-12H2,1-4H3,(H,21,26). The molecule has 1 unspecified atom stereocenters. The third kappa shape index (κ3) is 5.70. The maximum atomic E-state index is 12.7. The smallest absolute Gasteiger partial charge is 0.308 e. The number of ether oxygens (including phenoxy) is 1. The van der Waals surface area contributed by atoms with E-state index in [9.17, 15) is 14.4 Å². The lowest BCUT2D eigenvalue weighted by atomic mass is 10.1. The molecule has 1 fully saturated rings. The fourth-order valence-electron chi connectivity index (χ4n) is 3.05. The number of carbonyl (C=O) groups is 3. The third-order valence-electron chi connectivity index (χ3n) is 4.49. The number of rotatable bonds is 7. The highest BCUT2D eigenvalue weighted by atomic mass is 16.5. The Bertz CT molecular complexity index is 682. The second kappa shape index (κ2) is 9.39. The van der Waals surface area contributed by atoms with Crippen LogP contribution in [0.2, 0.25) is 0 Å². The highest BCUT2D eigenvalue weighted by Gasteiger charge is 2.35. The zero-order chi connectivity index (χ0) is 20.0. The monoisotopic (exact) mass is 375 g/mol. The van der Waals surface area contributed by atoms with Crippen LogP contribution < -0.4 is 10.6 Å². The summed E-state index contributed by atoms with van der Waals surface area (Å²) in [6.45, 7) is 8.95. The number of nitrogens with one attached hydrogen (secondary N) is 2. The molecular formula is C20H29N3O4. The van der Waals surface area contributed by atoms with Gasteiger partial charge in [0.25, 0.3) is 0 Å². The van der Waals surface area contributed by atoms with Crippen molar-refractivity contribution in [1.82, 2.24) is 10.2 Å². The van der Waals surface area contributed by atoms with Crippen LogP contribution in [0.1, 0.15) is 31.4 Å². The molecule has 1 saturated heterocycles. The zero-order valence-electron chi connectivity index (χ0n) is 16.5. The van der Waals surface area contributed by atoms with Crippen molar-refractivity contribution in [1.29, 1.82) is 0 Å². The predicted molar refractivity (Wildman–Crippen MR) is 103 cm³/mol. The molecule has 1 aromatic carbocycles. The Morgan fingerprint density at radius 1 is 1.30 bits per heavy atom. The van der Waals surface area contributed by atoms with Crippen LogP contribution in [-0.2, 0) is 19.1 Å². The lowest BCUT2D eigenvalue weighted by Gasteiger charge is -2.34. The summed E-state index contributed by atoms with van der Waals surface area (Å²) in [6, 6.07) is 5.08. The second-order valence-corrected chi connectivity index (χ2v) is 7.30. The molecule has 0 spiro atoms. The Hall–Kier alpha value is -2.57. The summed E-state index contributed by atoms with van der Waals surface area (Å²) in [7, 11) is 0. The van der Waals surface area contributed by atoms with Gasteiger partial charge in [0.05, 0.1) is 19.6 Å². The van der Waals surface area contributed by atoms with Crippen LogP contribution in [0.15, 0.2) is 18.2 Å². The van der Waals surface area contributed by atoms with Crippen molar-refractivity contribution in [2.24, 2.45) is 5.92 Å². The number of esters is 1. The molecule has 0 radical (unpaired) electrons. The van der Waals surface area contributed by atoms with Gasteiger partial charge in [-0.1, -0.05) is 32.0 Å². The fraction of sp³-hybridized carbons (Fsp3) is 0.550. The van der Waals surface area contributed by atoms with Crippen molar-refractivity contribution < 1.29 is 19.1 Å². The van der Waals surface area contributed by atoms with Gasteiger partial charge in [0, 0.05) is 18.8 Å². The lowest BCUT2D eigenvalue weighted by molar-refractivity contribution is -0.152. The highest BCUT2D eigenvalue weighted by molar-refractivity contribution is 5.93. The lowest BCUT2D eigenvalue weighted by Crippen LogP contribution is -2.58. The van der Waals surface area contributed by atoms with E-state index in [4.69, 9.17) is 4.74 Å². The van der Waals surface area contributed by atoms with Crippen molar-refractivity contribution in [3.8, 4) is 0 Å². The van der Waals surface area contributed by atoms with Crippen molar-refractivity contribution in [3.05, 3.63) is 29.3 Å². The quantitative estimate of drug-likeness (QED) is 0.708. The number of hydrogen-bond acceptors (Lipinski definition) is 5. The molecule has 1 aromatic rings. The summed E-state index contributed by atoms with van der Waals surface area (Å²) in [5.74, 6) is -0.781. The molecule has 1 aliphatic heterocycles. The van der Waals surface area contributed by atoms with Gasteiger partial charge in [-0.15, -0.1) is 0 Å². The molecule has 148 valence electrons. The van der Waals surface area contributed by atoms with Crippen LogP contribution in [-0.4, -0.2) is 55.0 Å². The molecule has 1 heterocycles. The molecule has 0 bridgehead atoms. The first-order valence-electron chi connectivity index (χ1n) is 9.32. The minimum absolute atomic E-state index is 0.0660. The van der Waals surface area contributed by atoms with E-state index in [-0.39, 0.29) is 30.7 Å². The van der Waals surface area contributed by atoms with Crippen LogP contribution in [0, 0.1) is 19.8 Å². The first kappa shape index (κ1) is 20.7. The van der Waals surface area contributed by atoms with Gasteiger partial charge in [-0.05, 0) is 30.9 Å². The van der Waals surface area contributed by atoms with Crippen molar-refractivity contribution in [3.63, 3.8) is 0 Å². The molecule has 2 amide bonds. The molecule has 7 nitrogen and oxygen atoms in total. The van der Waals surface area contributed by atoms with E-state index in [1.54, 1.807) is 0 Å². The van der Waals surface area contributed by atoms with E-state index in [0.29, 0.717) is 19.7 Å². The molecule has 0 saturated carbocycles. The van der Waals surface area contributed by atoms with Gasteiger partial charge in [-0.25, -0.2) is 0 Å². The summed E-state index contributed by atoms with van der Waals surface area (Å²) in [4.78, 5) is 38.5. The summed E-state index contributed by atoms with van der Waals surface area (Å²) >= 11 is 0. The molecular weight excluding hydrogens is 346 g/mol. The number of aryl methyl sites for hydroxylation is 2. The zero-order valence-corrected chi connectivity index (χ0v) is 16.5. The summed E-state index contributed by atoms with van der Waals surface area (Å²) < 4.78 is 5.17. The Balaban J connectivity index is 2.01. The van der Waals surface area contributed by atoms with Crippen LogP contribution >= 0.6 is 0 Å². The van der Waals surface area contributed by atoms with Gasteiger partial charge in [-0.3, -0.25) is 14.4 Å². The first-order chi connectivity index (χ1) is 12.8. The second-order valence-electron chi connectivity index (χ2n) is 7.30. The van der Waals surface area contributed by atoms with E-state index in [1.807, 2.05) is 45.9 Å². The van der Waals surface area contributed by atoms with E-state index in [1.165, 1.54) is 4.90 Å². The molecule has 2 rings (SSSR count). The molecule has 2 N–H and O–H groups in total. The molecule has 1 aliphatic rings. The number of piperazine rings is 1. The summed E-state index contributed by atoms with van der Waals surface area (Å²) in [5, 5.41) is 5.89. The summed E-state index contributed by atoms with van der Waals surface area (Å²) in [6.07, 6.45) is -0.131. The van der Waals surface area contributed by atoms with Gasteiger partial charge >= 0.3 is 5.97 Å². The molecule has 0 aromatic heterocycles. The normalized spacial score (nSPS) is 16.9.